The van der Waals surface area contributed by atoms with Crippen LogP contribution in [0.5, 0.6) is 0 Å². The summed E-state index contributed by atoms with van der Waals surface area (Å²) in [6.07, 6.45) is 5.08. The third-order valence-electron chi connectivity index (χ3n) is 4.62. The number of hydrogen-bond donors (Lipinski definition) is 1. The number of aromatic nitrogens is 2. The van der Waals surface area contributed by atoms with Gasteiger partial charge >= 0.3 is 0 Å². The van der Waals surface area contributed by atoms with Crippen LogP contribution in [-0.4, -0.2) is 21.9 Å². The highest BCUT2D eigenvalue weighted by Crippen LogP contribution is 2.37. The molecule has 0 saturated heterocycles. The van der Waals surface area contributed by atoms with Crippen LogP contribution in [0.3, 0.4) is 0 Å². The molecule has 2 atom stereocenters. The van der Waals surface area contributed by atoms with Gasteiger partial charge in [0.05, 0.1) is 22.9 Å². The van der Waals surface area contributed by atoms with E-state index in [4.69, 9.17) is 8.83 Å². The predicted molar refractivity (Wildman–Crippen MR) is 105 cm³/mol. The van der Waals surface area contributed by atoms with Crippen molar-refractivity contribution < 1.29 is 13.6 Å². The van der Waals surface area contributed by atoms with E-state index in [1.54, 1.807) is 23.7 Å². The number of nitrogens with one attached hydrogen (secondary N) is 1. The number of nitrogens with zero attached hydrogens (tertiary/aromatic N) is 2. The van der Waals surface area contributed by atoms with Crippen molar-refractivity contribution in [2.75, 3.05) is 5.75 Å². The summed E-state index contributed by atoms with van der Waals surface area (Å²) in [5.74, 6) is 2.10. The van der Waals surface area contributed by atoms with Crippen molar-refractivity contribution in [3.63, 3.8) is 0 Å². The zero-order chi connectivity index (χ0) is 18.8. The average molecular weight is 404 g/mol. The van der Waals surface area contributed by atoms with E-state index < -0.39 is 0 Å². The number of thiophene rings is 1. The van der Waals surface area contributed by atoms with Crippen molar-refractivity contribution in [2.45, 2.75) is 44.4 Å². The number of fused-ring (bicyclic) bond motifs is 1. The van der Waals surface area contributed by atoms with Crippen molar-refractivity contribution in [2.24, 2.45) is 5.92 Å². The number of carbonyl (C=O) groups excluding carboxylic acids is 1. The molecule has 0 unspecified atom stereocenters. The van der Waals surface area contributed by atoms with Gasteiger partial charge in [0.15, 0.2) is 0 Å². The monoisotopic (exact) mass is 403 g/mol. The standard InChI is InChI=1S/C19H21N3O3S2/c1-11-5-6-15-13(8-11)9-16(27-15)18-21-22-19(25-18)26-10-17(23)20-12(2)14-4-3-7-24-14/h3-4,7,9,11-12H,5-6,8,10H2,1-2H3,(H,20,23)/t11-,12-/m0/s1. The summed E-state index contributed by atoms with van der Waals surface area (Å²) in [5, 5.41) is 11.5. The van der Waals surface area contributed by atoms with Crippen LogP contribution in [0.2, 0.25) is 0 Å². The minimum absolute atomic E-state index is 0.107. The number of carbonyl (C=O) groups is 1. The molecule has 0 aromatic carbocycles. The van der Waals surface area contributed by atoms with Crippen molar-refractivity contribution in [1.82, 2.24) is 15.5 Å². The van der Waals surface area contributed by atoms with Gasteiger partial charge in [-0.25, -0.2) is 0 Å². The molecule has 0 saturated carbocycles. The van der Waals surface area contributed by atoms with Crippen LogP contribution in [0.4, 0.5) is 0 Å². The Labute approximate surface area is 165 Å². The highest BCUT2D eigenvalue weighted by Gasteiger charge is 2.21. The van der Waals surface area contributed by atoms with Gasteiger partial charge in [-0.3, -0.25) is 4.79 Å². The van der Waals surface area contributed by atoms with Gasteiger partial charge in [-0.2, -0.15) is 0 Å². The fourth-order valence-corrected chi connectivity index (χ4v) is 4.90. The first kappa shape index (κ1) is 18.3. The molecule has 1 aliphatic carbocycles. The number of thioether (sulfide) groups is 1. The van der Waals surface area contributed by atoms with E-state index in [0.29, 0.717) is 11.1 Å². The fourth-order valence-electron chi connectivity index (χ4n) is 3.20. The van der Waals surface area contributed by atoms with Gasteiger partial charge in [0.2, 0.25) is 5.91 Å². The summed E-state index contributed by atoms with van der Waals surface area (Å²) in [7, 11) is 0. The Balaban J connectivity index is 1.34. The summed E-state index contributed by atoms with van der Waals surface area (Å²) in [6.45, 7) is 4.17. The number of amides is 1. The third kappa shape index (κ3) is 4.27. The Bertz CT molecular complexity index is 917. The molecule has 3 heterocycles. The van der Waals surface area contributed by atoms with Gasteiger partial charge in [-0.15, -0.1) is 21.5 Å². The van der Waals surface area contributed by atoms with Gasteiger partial charge in [0.25, 0.3) is 11.1 Å². The van der Waals surface area contributed by atoms with Gasteiger partial charge in [0.1, 0.15) is 5.76 Å². The molecule has 4 rings (SSSR count). The minimum atomic E-state index is -0.175. The molecule has 0 fully saturated rings. The average Bonchev–Trinajstić information content (AvgIpc) is 3.38. The van der Waals surface area contributed by atoms with Crippen molar-refractivity contribution in [1.29, 1.82) is 0 Å². The lowest BCUT2D eigenvalue weighted by molar-refractivity contribution is -0.119. The van der Waals surface area contributed by atoms with E-state index in [9.17, 15) is 4.79 Å². The smallest absolute Gasteiger partial charge is 0.277 e. The summed E-state index contributed by atoms with van der Waals surface area (Å²) in [4.78, 5) is 14.6. The lowest BCUT2D eigenvalue weighted by Gasteiger charge is -2.16. The van der Waals surface area contributed by atoms with Crippen molar-refractivity contribution >= 4 is 29.0 Å². The van der Waals surface area contributed by atoms with Crippen LogP contribution < -0.4 is 5.32 Å². The van der Waals surface area contributed by atoms with Crippen molar-refractivity contribution in [3.05, 3.63) is 40.7 Å². The number of hydrogen-bond acceptors (Lipinski definition) is 7. The normalized spacial score (nSPS) is 17.5. The maximum atomic E-state index is 12.1. The lowest BCUT2D eigenvalue weighted by atomic mass is 9.90. The number of rotatable bonds is 6. The second-order valence-corrected chi connectivity index (χ2v) is 8.94. The Hall–Kier alpha value is -2.06. The molecule has 142 valence electrons. The van der Waals surface area contributed by atoms with Gasteiger partial charge in [-0.05, 0) is 55.9 Å². The summed E-state index contributed by atoms with van der Waals surface area (Å²) >= 11 is 2.98. The van der Waals surface area contributed by atoms with Crippen LogP contribution in [0, 0.1) is 5.92 Å². The Morgan fingerprint density at radius 3 is 3.19 bits per heavy atom. The van der Waals surface area contributed by atoms with Gasteiger partial charge in [-0.1, -0.05) is 18.7 Å². The molecule has 6 nitrogen and oxygen atoms in total. The van der Waals surface area contributed by atoms with E-state index in [1.165, 1.54) is 28.6 Å². The van der Waals surface area contributed by atoms with Crippen LogP contribution in [0.25, 0.3) is 10.8 Å². The van der Waals surface area contributed by atoms with Crippen LogP contribution >= 0.6 is 23.1 Å². The SMILES string of the molecule is C[C@H]1CCc2sc(-c3nnc(SCC(=O)N[C@@H](C)c4ccco4)o3)cc2C1. The topological polar surface area (TPSA) is 81.2 Å². The largest absolute Gasteiger partial charge is 0.467 e. The molecule has 27 heavy (non-hydrogen) atoms. The van der Waals surface area contributed by atoms with E-state index >= 15 is 0 Å². The van der Waals surface area contributed by atoms with Gasteiger partial charge in [0, 0.05) is 4.88 Å². The molecule has 3 aromatic rings. The first-order valence-electron chi connectivity index (χ1n) is 8.99. The zero-order valence-corrected chi connectivity index (χ0v) is 16.9. The molecular weight excluding hydrogens is 382 g/mol. The Kier molecular flexibility index (Phi) is 5.36. The van der Waals surface area contributed by atoms with E-state index in [1.807, 2.05) is 13.0 Å². The molecule has 0 radical (unpaired) electrons. The van der Waals surface area contributed by atoms with Crippen LogP contribution in [0.1, 0.15) is 42.5 Å². The van der Waals surface area contributed by atoms with Crippen LogP contribution in [0.15, 0.2) is 38.5 Å². The zero-order valence-electron chi connectivity index (χ0n) is 15.2. The van der Waals surface area contributed by atoms with Crippen LogP contribution in [-0.2, 0) is 17.6 Å². The lowest BCUT2D eigenvalue weighted by Crippen LogP contribution is -2.27. The summed E-state index contributed by atoms with van der Waals surface area (Å²) in [5.41, 5.74) is 1.41. The highest BCUT2D eigenvalue weighted by molar-refractivity contribution is 7.99. The molecule has 0 aliphatic heterocycles. The molecule has 1 N–H and O–H groups in total. The minimum Gasteiger partial charge on any atom is -0.467 e. The predicted octanol–water partition coefficient (Wildman–Crippen LogP) is 4.49. The van der Waals surface area contributed by atoms with Crippen molar-refractivity contribution in [3.8, 4) is 10.8 Å². The highest BCUT2D eigenvalue weighted by atomic mass is 32.2. The van der Waals surface area contributed by atoms with E-state index in [0.717, 1.165) is 29.4 Å². The Morgan fingerprint density at radius 2 is 2.37 bits per heavy atom. The molecule has 3 aromatic heterocycles. The van der Waals surface area contributed by atoms with Gasteiger partial charge < -0.3 is 14.2 Å². The molecule has 1 amide bonds. The maximum Gasteiger partial charge on any atom is 0.277 e. The first-order chi connectivity index (χ1) is 13.1. The summed E-state index contributed by atoms with van der Waals surface area (Å²) in [6, 6.07) is 5.64. The van der Waals surface area contributed by atoms with E-state index in [-0.39, 0.29) is 17.7 Å². The molecule has 8 heteroatoms. The quantitative estimate of drug-likeness (QED) is 0.611. The fraction of sp³-hybridized carbons (Fsp3) is 0.421. The third-order valence-corrected chi connectivity index (χ3v) is 6.66. The first-order valence-corrected chi connectivity index (χ1v) is 10.8. The maximum absolute atomic E-state index is 12.1. The molecule has 1 aliphatic rings. The number of aryl methyl sites for hydroxylation is 1. The second-order valence-electron chi connectivity index (χ2n) is 6.87. The molecular formula is C19H21N3O3S2. The number of furan rings is 1. The Morgan fingerprint density at radius 1 is 1.48 bits per heavy atom. The molecule has 0 spiro atoms. The van der Waals surface area contributed by atoms with E-state index in [2.05, 4.69) is 28.5 Å². The molecule has 0 bridgehead atoms. The second kappa shape index (κ2) is 7.90. The summed E-state index contributed by atoms with van der Waals surface area (Å²) < 4.78 is 11.0.